The molecule has 3 heteroatoms. The number of carbonyl (C=O) groups is 1. The van der Waals surface area contributed by atoms with Gasteiger partial charge in [-0.15, -0.1) is 0 Å². The Morgan fingerprint density at radius 2 is 1.76 bits per heavy atom. The molecule has 1 fully saturated rings. The lowest BCUT2D eigenvalue weighted by Crippen LogP contribution is -2.23. The first kappa shape index (κ1) is 15.6. The van der Waals surface area contributed by atoms with E-state index in [0.717, 1.165) is 25.7 Å². The second kappa shape index (κ2) is 6.33. The van der Waals surface area contributed by atoms with Crippen molar-refractivity contribution in [3.8, 4) is 5.75 Å². The maximum Gasteiger partial charge on any atom is 0.331 e. The van der Waals surface area contributed by atoms with Crippen molar-refractivity contribution in [1.29, 1.82) is 0 Å². The molecule has 1 aliphatic carbocycles. The standard InChI is InChI=1S/C18H24O3/c1-18(2,3)21-17(20)12-13-4-6-14(7-5-13)15-8-10-16(19)11-9-15/h8-12,14,19H,4-7H2,1-3H3. The highest BCUT2D eigenvalue weighted by Gasteiger charge is 2.20. The Morgan fingerprint density at radius 1 is 1.19 bits per heavy atom. The Hall–Kier alpha value is -1.77. The summed E-state index contributed by atoms with van der Waals surface area (Å²) in [6.45, 7) is 5.64. The molecule has 0 amide bonds. The molecule has 1 aliphatic rings. The first-order valence-electron chi connectivity index (χ1n) is 7.55. The van der Waals surface area contributed by atoms with Crippen molar-refractivity contribution in [1.82, 2.24) is 0 Å². The third-order valence-electron chi connectivity index (χ3n) is 3.72. The van der Waals surface area contributed by atoms with E-state index in [1.165, 1.54) is 11.1 Å². The molecule has 0 aliphatic heterocycles. The zero-order valence-corrected chi connectivity index (χ0v) is 13.1. The minimum atomic E-state index is -0.433. The lowest BCUT2D eigenvalue weighted by Gasteiger charge is -2.25. The molecule has 1 aromatic carbocycles. The Balaban J connectivity index is 1.91. The molecule has 114 valence electrons. The van der Waals surface area contributed by atoms with Gasteiger partial charge < -0.3 is 9.84 Å². The van der Waals surface area contributed by atoms with E-state index in [1.807, 2.05) is 32.9 Å². The molecule has 0 atom stereocenters. The van der Waals surface area contributed by atoms with Crippen molar-refractivity contribution < 1.29 is 14.6 Å². The number of hydrogen-bond acceptors (Lipinski definition) is 3. The lowest BCUT2D eigenvalue weighted by atomic mass is 9.81. The van der Waals surface area contributed by atoms with Crippen LogP contribution in [-0.2, 0) is 9.53 Å². The van der Waals surface area contributed by atoms with Crippen LogP contribution in [0.25, 0.3) is 0 Å². The van der Waals surface area contributed by atoms with Crippen LogP contribution in [0.15, 0.2) is 35.9 Å². The largest absolute Gasteiger partial charge is 0.508 e. The van der Waals surface area contributed by atoms with E-state index in [0.29, 0.717) is 11.7 Å². The molecule has 0 aromatic heterocycles. The predicted octanol–water partition coefficient (Wildman–Crippen LogP) is 4.32. The van der Waals surface area contributed by atoms with Gasteiger partial charge in [0, 0.05) is 6.08 Å². The van der Waals surface area contributed by atoms with Gasteiger partial charge in [0.1, 0.15) is 11.4 Å². The quantitative estimate of drug-likeness (QED) is 0.651. The Kier molecular flexibility index (Phi) is 4.71. The van der Waals surface area contributed by atoms with E-state index in [2.05, 4.69) is 0 Å². The summed E-state index contributed by atoms with van der Waals surface area (Å²) in [6.07, 6.45) is 5.62. The van der Waals surface area contributed by atoms with Crippen molar-refractivity contribution in [2.24, 2.45) is 0 Å². The monoisotopic (exact) mass is 288 g/mol. The topological polar surface area (TPSA) is 46.5 Å². The van der Waals surface area contributed by atoms with Gasteiger partial charge in [-0.2, -0.15) is 0 Å². The number of aromatic hydroxyl groups is 1. The van der Waals surface area contributed by atoms with Gasteiger partial charge >= 0.3 is 5.97 Å². The van der Waals surface area contributed by atoms with Crippen LogP contribution in [-0.4, -0.2) is 16.7 Å². The van der Waals surface area contributed by atoms with E-state index in [4.69, 9.17) is 4.74 Å². The fraction of sp³-hybridized carbons (Fsp3) is 0.500. The maximum absolute atomic E-state index is 11.8. The fourth-order valence-electron chi connectivity index (χ4n) is 2.71. The summed E-state index contributed by atoms with van der Waals surface area (Å²) < 4.78 is 5.32. The average molecular weight is 288 g/mol. The molecular formula is C18H24O3. The molecule has 0 heterocycles. The van der Waals surface area contributed by atoms with Gasteiger partial charge in [-0.25, -0.2) is 4.79 Å². The number of esters is 1. The van der Waals surface area contributed by atoms with Crippen LogP contribution in [0.4, 0.5) is 0 Å². The molecule has 2 rings (SSSR count). The van der Waals surface area contributed by atoms with E-state index in [-0.39, 0.29) is 5.97 Å². The van der Waals surface area contributed by atoms with Crippen molar-refractivity contribution >= 4 is 5.97 Å². The van der Waals surface area contributed by atoms with Crippen LogP contribution in [0, 0.1) is 0 Å². The normalized spacial score (nSPS) is 19.2. The SMILES string of the molecule is CC(C)(C)OC(=O)C=C1CCC(c2ccc(O)cc2)CC1. The van der Waals surface area contributed by atoms with Gasteiger partial charge in [-0.3, -0.25) is 0 Å². The first-order chi connectivity index (χ1) is 9.83. The zero-order valence-electron chi connectivity index (χ0n) is 13.1. The number of phenols is 1. The van der Waals surface area contributed by atoms with Crippen molar-refractivity contribution in [3.63, 3.8) is 0 Å². The van der Waals surface area contributed by atoms with Gasteiger partial charge in [-0.1, -0.05) is 17.7 Å². The van der Waals surface area contributed by atoms with E-state index in [9.17, 15) is 9.90 Å². The summed E-state index contributed by atoms with van der Waals surface area (Å²) in [5.74, 6) is 0.585. The third kappa shape index (κ3) is 4.92. The Labute approximate surface area is 126 Å². The Bertz CT molecular complexity index is 510. The van der Waals surface area contributed by atoms with Gasteiger partial charge in [0.05, 0.1) is 0 Å². The van der Waals surface area contributed by atoms with E-state index < -0.39 is 5.60 Å². The van der Waals surface area contributed by atoms with Gasteiger partial charge in [0.2, 0.25) is 0 Å². The molecule has 0 unspecified atom stereocenters. The summed E-state index contributed by atoms with van der Waals surface area (Å²) in [5.41, 5.74) is 2.01. The number of hydrogen-bond donors (Lipinski definition) is 1. The molecular weight excluding hydrogens is 264 g/mol. The van der Waals surface area contributed by atoms with Crippen LogP contribution in [0.3, 0.4) is 0 Å². The predicted molar refractivity (Wildman–Crippen MR) is 83.2 cm³/mol. The Morgan fingerprint density at radius 3 is 2.29 bits per heavy atom. The van der Waals surface area contributed by atoms with Crippen LogP contribution < -0.4 is 0 Å². The summed E-state index contributed by atoms with van der Waals surface area (Å²) >= 11 is 0. The molecule has 21 heavy (non-hydrogen) atoms. The van der Waals surface area contributed by atoms with Crippen molar-refractivity contribution in [2.75, 3.05) is 0 Å². The molecule has 0 saturated heterocycles. The number of carbonyl (C=O) groups excluding carboxylic acids is 1. The number of allylic oxidation sites excluding steroid dienone is 1. The maximum atomic E-state index is 11.8. The van der Waals surface area contributed by atoms with Gasteiger partial charge in [0.25, 0.3) is 0 Å². The number of ether oxygens (including phenoxy) is 1. The van der Waals surface area contributed by atoms with Gasteiger partial charge in [-0.05, 0) is 70.1 Å². The molecule has 0 radical (unpaired) electrons. The number of rotatable bonds is 2. The molecule has 3 nitrogen and oxygen atoms in total. The highest BCUT2D eigenvalue weighted by atomic mass is 16.6. The minimum absolute atomic E-state index is 0.236. The summed E-state index contributed by atoms with van der Waals surface area (Å²) in [6, 6.07) is 7.45. The van der Waals surface area contributed by atoms with Crippen LogP contribution in [0.2, 0.25) is 0 Å². The van der Waals surface area contributed by atoms with Crippen molar-refractivity contribution in [3.05, 3.63) is 41.5 Å². The smallest absolute Gasteiger partial charge is 0.331 e. The van der Waals surface area contributed by atoms with Crippen LogP contribution in [0.1, 0.15) is 57.9 Å². The second-order valence-corrected chi connectivity index (χ2v) is 6.70. The summed E-state index contributed by atoms with van der Waals surface area (Å²) in [5, 5.41) is 9.33. The van der Waals surface area contributed by atoms with Crippen LogP contribution in [0.5, 0.6) is 5.75 Å². The highest BCUT2D eigenvalue weighted by molar-refractivity contribution is 5.83. The molecule has 1 N–H and O–H groups in total. The molecule has 1 saturated carbocycles. The second-order valence-electron chi connectivity index (χ2n) is 6.70. The van der Waals surface area contributed by atoms with E-state index >= 15 is 0 Å². The minimum Gasteiger partial charge on any atom is -0.508 e. The number of phenolic OH excluding ortho intramolecular Hbond substituents is 1. The number of benzene rings is 1. The lowest BCUT2D eigenvalue weighted by molar-refractivity contribution is -0.148. The van der Waals surface area contributed by atoms with Gasteiger partial charge in [0.15, 0.2) is 0 Å². The highest BCUT2D eigenvalue weighted by Crippen LogP contribution is 2.35. The summed E-state index contributed by atoms with van der Waals surface area (Å²) in [7, 11) is 0. The zero-order chi connectivity index (χ0) is 15.5. The summed E-state index contributed by atoms with van der Waals surface area (Å²) in [4.78, 5) is 11.8. The van der Waals surface area contributed by atoms with Crippen molar-refractivity contribution in [2.45, 2.75) is 58.0 Å². The average Bonchev–Trinajstić information content (AvgIpc) is 2.38. The van der Waals surface area contributed by atoms with Crippen LogP contribution >= 0.6 is 0 Å². The fourth-order valence-corrected chi connectivity index (χ4v) is 2.71. The molecule has 1 aromatic rings. The molecule has 0 bridgehead atoms. The first-order valence-corrected chi connectivity index (χ1v) is 7.55. The third-order valence-corrected chi connectivity index (χ3v) is 3.72. The van der Waals surface area contributed by atoms with E-state index in [1.54, 1.807) is 18.2 Å². The molecule has 0 spiro atoms.